The second-order valence-electron chi connectivity index (χ2n) is 6.88. The highest BCUT2D eigenvalue weighted by atomic mass is 16.7. The van der Waals surface area contributed by atoms with Crippen molar-refractivity contribution in [3.63, 3.8) is 0 Å². The zero-order chi connectivity index (χ0) is 18.3. The quantitative estimate of drug-likeness (QED) is 0.591. The van der Waals surface area contributed by atoms with E-state index in [1.54, 1.807) is 0 Å². The summed E-state index contributed by atoms with van der Waals surface area (Å²) in [5.74, 6) is 1.89. The highest BCUT2D eigenvalue weighted by Gasteiger charge is 2.21. The molecule has 2 aromatic heterocycles. The van der Waals surface area contributed by atoms with E-state index >= 15 is 0 Å². The van der Waals surface area contributed by atoms with Crippen LogP contribution in [0.15, 0.2) is 61.2 Å². The molecule has 0 atom stereocenters. The summed E-state index contributed by atoms with van der Waals surface area (Å²) in [6.07, 6.45) is 13.7. The molecule has 0 N–H and O–H groups in total. The van der Waals surface area contributed by atoms with Crippen molar-refractivity contribution in [1.82, 2.24) is 9.97 Å². The number of hydrogen-bond acceptors (Lipinski definition) is 4. The van der Waals surface area contributed by atoms with Gasteiger partial charge in [-0.3, -0.25) is 9.97 Å². The van der Waals surface area contributed by atoms with Crippen LogP contribution in [0.5, 0.6) is 11.5 Å². The first-order chi connectivity index (χ1) is 13.4. The van der Waals surface area contributed by atoms with E-state index < -0.39 is 0 Å². The molecule has 27 heavy (non-hydrogen) atoms. The molecule has 1 aliphatic rings. The third kappa shape index (κ3) is 4.45. The Kier molecular flexibility index (Phi) is 5.63. The van der Waals surface area contributed by atoms with Gasteiger partial charge >= 0.3 is 0 Å². The summed E-state index contributed by atoms with van der Waals surface area (Å²) in [5, 5.41) is 0. The topological polar surface area (TPSA) is 44.2 Å². The summed E-state index contributed by atoms with van der Waals surface area (Å²) in [6.45, 7) is 0.324. The summed E-state index contributed by atoms with van der Waals surface area (Å²) in [7, 11) is 0. The second-order valence-corrected chi connectivity index (χ2v) is 6.88. The molecule has 0 saturated carbocycles. The molecule has 0 bridgehead atoms. The van der Waals surface area contributed by atoms with Gasteiger partial charge in [0.2, 0.25) is 6.79 Å². The first-order valence-corrected chi connectivity index (χ1v) is 9.58. The average Bonchev–Trinajstić information content (AvgIpc) is 3.21. The predicted molar refractivity (Wildman–Crippen MR) is 105 cm³/mol. The molecule has 138 valence electrons. The number of rotatable bonds is 8. The molecule has 4 rings (SSSR count). The van der Waals surface area contributed by atoms with Crippen molar-refractivity contribution in [2.24, 2.45) is 0 Å². The van der Waals surface area contributed by atoms with Crippen LogP contribution in [0.25, 0.3) is 0 Å². The molecule has 0 saturated heterocycles. The van der Waals surface area contributed by atoms with Gasteiger partial charge < -0.3 is 9.47 Å². The lowest BCUT2D eigenvalue weighted by atomic mass is 9.99. The number of aryl methyl sites for hydroxylation is 4. The fraction of sp³-hybridized carbons (Fsp3) is 0.304. The molecule has 0 spiro atoms. The van der Waals surface area contributed by atoms with Crippen LogP contribution in [0.3, 0.4) is 0 Å². The molecule has 0 radical (unpaired) electrons. The van der Waals surface area contributed by atoms with Crippen LogP contribution in [0.2, 0.25) is 0 Å². The third-order valence-corrected chi connectivity index (χ3v) is 4.95. The van der Waals surface area contributed by atoms with Crippen LogP contribution >= 0.6 is 0 Å². The Balaban J connectivity index is 1.36. The monoisotopic (exact) mass is 360 g/mol. The molecule has 0 amide bonds. The van der Waals surface area contributed by atoms with Gasteiger partial charge in [0, 0.05) is 24.8 Å². The van der Waals surface area contributed by atoms with Gasteiger partial charge in [-0.05, 0) is 72.9 Å². The minimum absolute atomic E-state index is 0.324. The number of benzene rings is 1. The zero-order valence-electron chi connectivity index (χ0n) is 15.4. The van der Waals surface area contributed by atoms with E-state index in [4.69, 9.17) is 9.47 Å². The first kappa shape index (κ1) is 17.5. The molecular weight excluding hydrogens is 336 g/mol. The van der Waals surface area contributed by atoms with Crippen molar-refractivity contribution in [2.45, 2.75) is 38.5 Å². The molecule has 4 nitrogen and oxygen atoms in total. The Hall–Kier alpha value is -2.88. The molecule has 1 aliphatic heterocycles. The van der Waals surface area contributed by atoms with Gasteiger partial charge in [0.15, 0.2) is 11.5 Å². The maximum Gasteiger partial charge on any atom is 0.231 e. The average molecular weight is 360 g/mol. The smallest absolute Gasteiger partial charge is 0.231 e. The number of hydrogen-bond donors (Lipinski definition) is 0. The van der Waals surface area contributed by atoms with Gasteiger partial charge in [-0.2, -0.15) is 0 Å². The van der Waals surface area contributed by atoms with Gasteiger partial charge in [-0.1, -0.05) is 24.3 Å². The Morgan fingerprint density at radius 1 is 0.667 bits per heavy atom. The van der Waals surface area contributed by atoms with Crippen molar-refractivity contribution in [2.75, 3.05) is 6.79 Å². The van der Waals surface area contributed by atoms with Crippen LogP contribution in [0, 0.1) is 0 Å². The lowest BCUT2D eigenvalue weighted by Crippen LogP contribution is -1.96. The van der Waals surface area contributed by atoms with Gasteiger partial charge in [-0.25, -0.2) is 0 Å². The van der Waals surface area contributed by atoms with Crippen molar-refractivity contribution in [1.29, 1.82) is 0 Å². The van der Waals surface area contributed by atoms with Gasteiger partial charge in [0.05, 0.1) is 0 Å². The minimum atomic E-state index is 0.324. The van der Waals surface area contributed by atoms with Crippen LogP contribution in [-0.4, -0.2) is 16.8 Å². The highest BCUT2D eigenvalue weighted by Crippen LogP contribution is 2.40. The standard InChI is InChI=1S/C23H24N2O2/c1(5-18-7-3-13-24-15-18)9-20-11-12-21(23-22(20)26-17-27-23)10-2-6-19-8-4-14-25-16-19/h3-4,7-8,11-16H,1-2,5-6,9-10,17H2. The Morgan fingerprint density at radius 2 is 1.19 bits per heavy atom. The van der Waals surface area contributed by atoms with Crippen LogP contribution in [0.4, 0.5) is 0 Å². The molecular formula is C23H24N2O2. The number of pyridine rings is 2. The second kappa shape index (κ2) is 8.67. The molecule has 1 aromatic carbocycles. The van der Waals surface area contributed by atoms with E-state index in [1.165, 1.54) is 22.3 Å². The van der Waals surface area contributed by atoms with Crippen molar-refractivity contribution >= 4 is 0 Å². The normalized spacial score (nSPS) is 12.3. The van der Waals surface area contributed by atoms with Gasteiger partial charge in [0.1, 0.15) is 0 Å². The van der Waals surface area contributed by atoms with Crippen molar-refractivity contribution < 1.29 is 9.47 Å². The number of aromatic nitrogens is 2. The number of ether oxygens (including phenoxy) is 2. The lowest BCUT2D eigenvalue weighted by molar-refractivity contribution is 0.172. The zero-order valence-corrected chi connectivity index (χ0v) is 15.4. The van der Waals surface area contributed by atoms with E-state index in [2.05, 4.69) is 34.2 Å². The molecule has 3 aromatic rings. The summed E-state index contributed by atoms with van der Waals surface area (Å²) < 4.78 is 11.6. The molecule has 0 fully saturated rings. The van der Waals surface area contributed by atoms with E-state index in [9.17, 15) is 0 Å². The predicted octanol–water partition coefficient (Wildman–Crippen LogP) is 4.56. The van der Waals surface area contributed by atoms with Crippen LogP contribution < -0.4 is 9.47 Å². The van der Waals surface area contributed by atoms with Crippen molar-refractivity contribution in [3.8, 4) is 11.5 Å². The van der Waals surface area contributed by atoms with E-state index in [1.807, 2.05) is 36.9 Å². The summed E-state index contributed by atoms with van der Waals surface area (Å²) in [4.78, 5) is 8.36. The maximum atomic E-state index is 5.79. The summed E-state index contributed by atoms with van der Waals surface area (Å²) >= 11 is 0. The molecule has 0 unspecified atom stereocenters. The SMILES string of the molecule is c1cncc(CCCc2ccc(CCCc3cccnc3)c3c2OCO3)c1. The Bertz CT molecular complexity index is 794. The summed E-state index contributed by atoms with van der Waals surface area (Å²) in [6, 6.07) is 12.6. The largest absolute Gasteiger partial charge is 0.453 e. The van der Waals surface area contributed by atoms with Crippen LogP contribution in [0.1, 0.15) is 35.1 Å². The van der Waals surface area contributed by atoms with Gasteiger partial charge in [0.25, 0.3) is 0 Å². The van der Waals surface area contributed by atoms with E-state index in [0.29, 0.717) is 6.79 Å². The first-order valence-electron chi connectivity index (χ1n) is 9.58. The van der Waals surface area contributed by atoms with Gasteiger partial charge in [-0.15, -0.1) is 0 Å². The minimum Gasteiger partial charge on any atom is -0.453 e. The van der Waals surface area contributed by atoms with Crippen molar-refractivity contribution in [3.05, 3.63) is 83.4 Å². The fourth-order valence-corrected chi connectivity index (χ4v) is 3.56. The fourth-order valence-electron chi connectivity index (χ4n) is 3.56. The maximum absolute atomic E-state index is 5.79. The molecule has 0 aliphatic carbocycles. The molecule has 3 heterocycles. The number of fused-ring (bicyclic) bond motifs is 1. The van der Waals surface area contributed by atoms with Crippen LogP contribution in [-0.2, 0) is 25.7 Å². The highest BCUT2D eigenvalue weighted by molar-refractivity contribution is 5.53. The van der Waals surface area contributed by atoms with E-state index in [0.717, 1.165) is 50.0 Å². The molecule has 4 heteroatoms. The van der Waals surface area contributed by atoms with E-state index in [-0.39, 0.29) is 0 Å². The Labute approximate surface area is 160 Å². The third-order valence-electron chi connectivity index (χ3n) is 4.95. The number of nitrogens with zero attached hydrogens (tertiary/aromatic N) is 2. The summed E-state index contributed by atoms with van der Waals surface area (Å²) in [5.41, 5.74) is 5.03. The Morgan fingerprint density at radius 3 is 1.63 bits per heavy atom. The lowest BCUT2D eigenvalue weighted by Gasteiger charge is -2.10.